The molecule has 0 N–H and O–H groups in total. The predicted molar refractivity (Wildman–Crippen MR) is 80.6 cm³/mol. The van der Waals surface area contributed by atoms with Crippen molar-refractivity contribution < 1.29 is 19.1 Å². The van der Waals surface area contributed by atoms with Crippen molar-refractivity contribution in [2.24, 2.45) is 23.7 Å². The lowest BCUT2D eigenvalue weighted by Gasteiger charge is -2.32. The molecule has 0 radical (unpaired) electrons. The quantitative estimate of drug-likeness (QED) is 0.636. The average molecular weight is 300 g/mol. The van der Waals surface area contributed by atoms with Crippen LogP contribution < -0.4 is 0 Å². The molecule has 3 rings (SSSR count). The minimum Gasteiger partial charge on any atom is -0.462 e. The average Bonchev–Trinajstić information content (AvgIpc) is 2.80. The number of cyclic esters (lactones) is 1. The number of fused-ring (bicyclic) bond motifs is 1. The third kappa shape index (κ3) is 2.65. The van der Waals surface area contributed by atoms with E-state index in [1.807, 2.05) is 56.3 Å². The number of hydrogen-bond donors (Lipinski definition) is 0. The molecule has 0 bridgehead atoms. The number of allylic oxidation sites excluding steroid dienone is 1. The Hall–Kier alpha value is -2.10. The highest BCUT2D eigenvalue weighted by atomic mass is 16.6. The van der Waals surface area contributed by atoms with E-state index in [1.54, 1.807) is 0 Å². The summed E-state index contributed by atoms with van der Waals surface area (Å²) in [5, 5.41) is 0. The third-order valence-corrected chi connectivity index (χ3v) is 4.63. The van der Waals surface area contributed by atoms with Crippen LogP contribution in [-0.2, 0) is 25.7 Å². The zero-order valence-corrected chi connectivity index (χ0v) is 12.8. The number of ether oxygens (including phenoxy) is 2. The van der Waals surface area contributed by atoms with Gasteiger partial charge in [-0.15, -0.1) is 0 Å². The van der Waals surface area contributed by atoms with Gasteiger partial charge in [-0.25, -0.2) is 0 Å². The van der Waals surface area contributed by atoms with Gasteiger partial charge in [0.05, 0.1) is 11.8 Å². The van der Waals surface area contributed by atoms with Crippen LogP contribution in [0.25, 0.3) is 0 Å². The van der Waals surface area contributed by atoms with Crippen LogP contribution >= 0.6 is 0 Å². The minimum atomic E-state index is -0.333. The molecule has 4 nitrogen and oxygen atoms in total. The predicted octanol–water partition coefficient (Wildman–Crippen LogP) is 2.73. The smallest absolute Gasteiger partial charge is 0.313 e. The zero-order chi connectivity index (χ0) is 15.7. The second-order valence-electron chi connectivity index (χ2n) is 6.11. The van der Waals surface area contributed by atoms with Crippen molar-refractivity contribution in [1.29, 1.82) is 0 Å². The van der Waals surface area contributed by atoms with E-state index in [1.165, 1.54) is 0 Å². The van der Waals surface area contributed by atoms with Crippen LogP contribution in [0.3, 0.4) is 0 Å². The second-order valence-corrected chi connectivity index (χ2v) is 6.11. The molecule has 1 heterocycles. The van der Waals surface area contributed by atoms with Crippen molar-refractivity contribution >= 4 is 11.9 Å². The van der Waals surface area contributed by atoms with Crippen LogP contribution in [0.4, 0.5) is 0 Å². The Morgan fingerprint density at radius 1 is 1.18 bits per heavy atom. The molecule has 1 fully saturated rings. The van der Waals surface area contributed by atoms with Crippen molar-refractivity contribution in [3.05, 3.63) is 48.0 Å². The van der Waals surface area contributed by atoms with Crippen LogP contribution in [-0.4, -0.2) is 18.0 Å². The molecule has 5 atom stereocenters. The molecule has 116 valence electrons. The summed E-state index contributed by atoms with van der Waals surface area (Å²) in [7, 11) is 0. The zero-order valence-electron chi connectivity index (χ0n) is 12.8. The summed E-state index contributed by atoms with van der Waals surface area (Å²) in [6, 6.07) is 9.59. The van der Waals surface area contributed by atoms with Gasteiger partial charge in [-0.1, -0.05) is 49.4 Å². The molecule has 1 aliphatic heterocycles. The molecular formula is C18H20O4. The number of hydrogen-bond acceptors (Lipinski definition) is 4. The van der Waals surface area contributed by atoms with Gasteiger partial charge in [0.15, 0.2) is 0 Å². The highest BCUT2D eigenvalue weighted by Crippen LogP contribution is 2.43. The van der Waals surface area contributed by atoms with Gasteiger partial charge in [0, 0.05) is 5.92 Å². The van der Waals surface area contributed by atoms with Gasteiger partial charge >= 0.3 is 11.9 Å². The Bertz CT molecular complexity index is 592. The maximum atomic E-state index is 12.6. The van der Waals surface area contributed by atoms with Gasteiger partial charge < -0.3 is 9.47 Å². The summed E-state index contributed by atoms with van der Waals surface area (Å²) >= 11 is 0. The van der Waals surface area contributed by atoms with Crippen LogP contribution in [0.1, 0.15) is 19.4 Å². The first-order valence-electron chi connectivity index (χ1n) is 7.67. The monoisotopic (exact) mass is 300 g/mol. The number of carbonyl (C=O) groups excluding carboxylic acids is 2. The first-order chi connectivity index (χ1) is 10.6. The fourth-order valence-corrected chi connectivity index (χ4v) is 3.47. The summed E-state index contributed by atoms with van der Waals surface area (Å²) < 4.78 is 10.8. The Morgan fingerprint density at radius 3 is 2.64 bits per heavy atom. The standard InChI is InChI=1S/C18H20O4/c1-11-8-9-14-16(12(2)22-17(14)19)15(11)18(20)21-10-13-6-4-3-5-7-13/h3-9,11-12,14-16H,10H2,1-2H3/t11-,12-,14-,15+,16?/m1/s1. The van der Waals surface area contributed by atoms with Gasteiger partial charge in [-0.05, 0) is 18.4 Å². The van der Waals surface area contributed by atoms with Crippen molar-refractivity contribution in [3.63, 3.8) is 0 Å². The van der Waals surface area contributed by atoms with E-state index in [0.717, 1.165) is 5.56 Å². The van der Waals surface area contributed by atoms with Gasteiger partial charge in [-0.3, -0.25) is 9.59 Å². The Kier molecular flexibility index (Phi) is 4.01. The second kappa shape index (κ2) is 5.95. The normalized spacial score (nSPS) is 33.2. The number of carbonyl (C=O) groups is 2. The van der Waals surface area contributed by atoms with E-state index in [2.05, 4.69) is 0 Å². The number of rotatable bonds is 3. The molecule has 0 amide bonds. The fourth-order valence-electron chi connectivity index (χ4n) is 3.47. The van der Waals surface area contributed by atoms with E-state index in [-0.39, 0.29) is 48.3 Å². The van der Waals surface area contributed by atoms with Gasteiger partial charge in [0.25, 0.3) is 0 Å². The lowest BCUT2D eigenvalue weighted by atomic mass is 9.70. The summed E-state index contributed by atoms with van der Waals surface area (Å²) in [6.07, 6.45) is 3.55. The molecule has 22 heavy (non-hydrogen) atoms. The number of benzene rings is 1. The molecule has 1 aromatic carbocycles. The Morgan fingerprint density at radius 2 is 1.91 bits per heavy atom. The molecule has 2 aliphatic rings. The molecule has 1 unspecified atom stereocenters. The van der Waals surface area contributed by atoms with E-state index < -0.39 is 0 Å². The molecule has 0 saturated carbocycles. The van der Waals surface area contributed by atoms with E-state index >= 15 is 0 Å². The van der Waals surface area contributed by atoms with E-state index in [9.17, 15) is 9.59 Å². The van der Waals surface area contributed by atoms with Crippen LogP contribution in [0.15, 0.2) is 42.5 Å². The van der Waals surface area contributed by atoms with Gasteiger partial charge in [-0.2, -0.15) is 0 Å². The number of esters is 2. The summed E-state index contributed by atoms with van der Waals surface area (Å²) in [4.78, 5) is 24.4. The maximum Gasteiger partial charge on any atom is 0.313 e. The van der Waals surface area contributed by atoms with Gasteiger partial charge in [0.1, 0.15) is 12.7 Å². The first kappa shape index (κ1) is 14.8. The van der Waals surface area contributed by atoms with Gasteiger partial charge in [0.2, 0.25) is 0 Å². The maximum absolute atomic E-state index is 12.6. The van der Waals surface area contributed by atoms with E-state index in [4.69, 9.17) is 9.47 Å². The SMILES string of the molecule is C[C@@H]1C=C[C@H]2C(=O)O[C@H](C)C2[C@H]1C(=O)OCc1ccccc1. The molecule has 4 heteroatoms. The molecule has 1 aromatic rings. The molecule has 1 saturated heterocycles. The molecule has 0 spiro atoms. The largest absolute Gasteiger partial charge is 0.462 e. The Labute approximate surface area is 130 Å². The lowest BCUT2D eigenvalue weighted by molar-refractivity contribution is -0.155. The summed E-state index contributed by atoms with van der Waals surface area (Å²) in [6.45, 7) is 4.09. The van der Waals surface area contributed by atoms with Crippen molar-refractivity contribution in [1.82, 2.24) is 0 Å². The van der Waals surface area contributed by atoms with Crippen molar-refractivity contribution in [3.8, 4) is 0 Å². The highest BCUT2D eigenvalue weighted by molar-refractivity contribution is 5.81. The van der Waals surface area contributed by atoms with Crippen LogP contribution in [0.2, 0.25) is 0 Å². The van der Waals surface area contributed by atoms with E-state index in [0.29, 0.717) is 0 Å². The first-order valence-corrected chi connectivity index (χ1v) is 7.67. The van der Waals surface area contributed by atoms with Crippen molar-refractivity contribution in [2.45, 2.75) is 26.6 Å². The minimum absolute atomic E-state index is 0.0430. The molecule has 0 aromatic heterocycles. The molecular weight excluding hydrogens is 280 g/mol. The summed E-state index contributed by atoms with van der Waals surface area (Å²) in [5.74, 6) is -1.22. The Balaban J connectivity index is 1.73. The molecule has 1 aliphatic carbocycles. The highest BCUT2D eigenvalue weighted by Gasteiger charge is 2.51. The topological polar surface area (TPSA) is 52.6 Å². The van der Waals surface area contributed by atoms with Crippen LogP contribution in [0, 0.1) is 23.7 Å². The lowest BCUT2D eigenvalue weighted by Crippen LogP contribution is -2.39. The van der Waals surface area contributed by atoms with Crippen LogP contribution in [0.5, 0.6) is 0 Å². The fraction of sp³-hybridized carbons (Fsp3) is 0.444. The summed E-state index contributed by atoms with van der Waals surface area (Å²) in [5.41, 5.74) is 0.957. The third-order valence-electron chi connectivity index (χ3n) is 4.63. The van der Waals surface area contributed by atoms with Crippen molar-refractivity contribution in [2.75, 3.05) is 0 Å².